The summed E-state index contributed by atoms with van der Waals surface area (Å²) in [5.41, 5.74) is 2.08. The number of hydrogen-bond acceptors (Lipinski definition) is 4. The Hall–Kier alpha value is -2.25. The van der Waals surface area contributed by atoms with Crippen LogP contribution in [0.5, 0.6) is 5.75 Å². The molecule has 1 saturated carbocycles. The predicted octanol–water partition coefficient (Wildman–Crippen LogP) is 3.20. The minimum atomic E-state index is -3.80. The van der Waals surface area contributed by atoms with E-state index in [9.17, 15) is 13.2 Å². The Kier molecular flexibility index (Phi) is 4.12. The highest BCUT2D eigenvalue weighted by Crippen LogP contribution is 2.58. The third-order valence-corrected chi connectivity index (χ3v) is 8.14. The molecule has 2 aliphatic rings. The van der Waals surface area contributed by atoms with Crippen molar-refractivity contribution in [2.24, 2.45) is 5.92 Å². The smallest absolute Gasteiger partial charge is 0.250 e. The van der Waals surface area contributed by atoms with Gasteiger partial charge in [0.25, 0.3) is 0 Å². The van der Waals surface area contributed by atoms with E-state index in [4.69, 9.17) is 16.3 Å². The first-order chi connectivity index (χ1) is 12.8. The Morgan fingerprint density at radius 3 is 2.59 bits per heavy atom. The first-order valence-corrected chi connectivity index (χ1v) is 10.4. The van der Waals surface area contributed by atoms with Crippen LogP contribution < -0.4 is 14.4 Å². The largest absolute Gasteiger partial charge is 0.495 e. The molecule has 2 fully saturated rings. The van der Waals surface area contributed by atoms with Crippen molar-refractivity contribution in [3.05, 3.63) is 53.1 Å². The number of nitrogens with one attached hydrogen (secondary N) is 1. The molecular weight excluding hydrogens is 388 g/mol. The highest BCUT2D eigenvalue weighted by atomic mass is 35.5. The van der Waals surface area contributed by atoms with Gasteiger partial charge in [0, 0.05) is 18.2 Å². The van der Waals surface area contributed by atoms with Gasteiger partial charge in [-0.25, -0.2) is 8.42 Å². The van der Waals surface area contributed by atoms with Crippen molar-refractivity contribution in [2.75, 3.05) is 23.3 Å². The molecule has 1 N–H and O–H groups in total. The lowest BCUT2D eigenvalue weighted by Gasteiger charge is -2.23. The molecule has 27 heavy (non-hydrogen) atoms. The van der Waals surface area contributed by atoms with Crippen LogP contribution in [0.2, 0.25) is 5.02 Å². The number of hydrogen-bond donors (Lipinski definition) is 1. The van der Waals surface area contributed by atoms with Gasteiger partial charge in [0.1, 0.15) is 5.75 Å². The number of rotatable bonds is 4. The molecule has 8 heteroatoms. The summed E-state index contributed by atoms with van der Waals surface area (Å²) in [6, 6.07) is 12.1. The van der Waals surface area contributed by atoms with E-state index in [0.717, 1.165) is 5.56 Å². The average Bonchev–Trinajstić information content (AvgIpc) is 3.32. The summed E-state index contributed by atoms with van der Waals surface area (Å²) in [6.07, 6.45) is 0.341. The van der Waals surface area contributed by atoms with E-state index in [1.54, 1.807) is 30.3 Å². The van der Waals surface area contributed by atoms with Crippen molar-refractivity contribution >= 4 is 38.9 Å². The SMILES string of the molecule is COc1ccc(NC(=O)[C@]23C[C@H]2CN(c2ccc(C)cc2)S3(=O)=O)cc1Cl. The van der Waals surface area contributed by atoms with Crippen LogP contribution in [0, 0.1) is 12.8 Å². The molecule has 1 amide bonds. The van der Waals surface area contributed by atoms with Crippen LogP contribution in [0.25, 0.3) is 0 Å². The molecule has 2 atom stereocenters. The van der Waals surface area contributed by atoms with Crippen LogP contribution >= 0.6 is 11.6 Å². The van der Waals surface area contributed by atoms with Crippen LogP contribution in [-0.2, 0) is 14.8 Å². The van der Waals surface area contributed by atoms with Gasteiger partial charge < -0.3 is 10.1 Å². The number of methoxy groups -OCH3 is 1. The summed E-state index contributed by atoms with van der Waals surface area (Å²) >= 11 is 6.09. The molecule has 1 aliphatic carbocycles. The van der Waals surface area contributed by atoms with Crippen molar-refractivity contribution in [2.45, 2.75) is 18.1 Å². The van der Waals surface area contributed by atoms with Crippen molar-refractivity contribution in [1.29, 1.82) is 0 Å². The van der Waals surface area contributed by atoms with E-state index >= 15 is 0 Å². The second-order valence-corrected chi connectivity index (χ2v) is 9.49. The van der Waals surface area contributed by atoms with E-state index in [1.807, 2.05) is 19.1 Å². The fourth-order valence-electron chi connectivity index (χ4n) is 3.66. The second kappa shape index (κ2) is 6.14. The van der Waals surface area contributed by atoms with E-state index < -0.39 is 20.7 Å². The molecule has 1 aliphatic heterocycles. The molecular formula is C19H19ClN2O4S. The number of anilines is 2. The third kappa shape index (κ3) is 2.68. The number of carbonyl (C=O) groups is 1. The molecule has 2 aromatic carbocycles. The molecule has 2 aromatic rings. The number of halogens is 1. The standard InChI is InChI=1S/C19H19ClN2O4S/c1-12-3-6-15(7-4-12)22-11-13-10-19(13,27(22,24)25)18(23)21-14-5-8-17(26-2)16(20)9-14/h3-9,13H,10-11H2,1-2H3,(H,21,23)/t13-,19-/m0/s1. The van der Waals surface area contributed by atoms with Gasteiger partial charge in [0.15, 0.2) is 4.75 Å². The molecule has 6 nitrogen and oxygen atoms in total. The topological polar surface area (TPSA) is 75.7 Å². The summed E-state index contributed by atoms with van der Waals surface area (Å²) in [6.45, 7) is 2.26. The van der Waals surface area contributed by atoms with E-state index in [1.165, 1.54) is 11.4 Å². The summed E-state index contributed by atoms with van der Waals surface area (Å²) in [5, 5.41) is 3.05. The predicted molar refractivity (Wildman–Crippen MR) is 105 cm³/mol. The number of fused-ring (bicyclic) bond motifs is 1. The monoisotopic (exact) mass is 406 g/mol. The fourth-order valence-corrected chi connectivity index (χ4v) is 6.28. The van der Waals surface area contributed by atoms with Gasteiger partial charge in [-0.1, -0.05) is 29.3 Å². The maximum atomic E-state index is 13.2. The number of benzene rings is 2. The Morgan fingerprint density at radius 2 is 1.96 bits per heavy atom. The molecule has 142 valence electrons. The van der Waals surface area contributed by atoms with Gasteiger partial charge in [0.2, 0.25) is 15.9 Å². The van der Waals surface area contributed by atoms with Gasteiger partial charge >= 0.3 is 0 Å². The summed E-state index contributed by atoms with van der Waals surface area (Å²) in [4.78, 5) is 12.9. The number of ether oxygens (including phenoxy) is 1. The zero-order valence-corrected chi connectivity index (χ0v) is 16.5. The molecule has 4 rings (SSSR count). The van der Waals surface area contributed by atoms with Gasteiger partial charge in [-0.15, -0.1) is 0 Å². The molecule has 0 radical (unpaired) electrons. The zero-order chi connectivity index (χ0) is 19.4. The van der Waals surface area contributed by atoms with Crippen molar-refractivity contribution in [3.8, 4) is 5.75 Å². The zero-order valence-electron chi connectivity index (χ0n) is 14.9. The van der Waals surface area contributed by atoms with Crippen molar-refractivity contribution < 1.29 is 17.9 Å². The first-order valence-electron chi connectivity index (χ1n) is 8.53. The fraction of sp³-hybridized carbons (Fsp3) is 0.316. The normalized spacial score (nSPS) is 25.0. The van der Waals surface area contributed by atoms with Crippen LogP contribution in [0.15, 0.2) is 42.5 Å². The lowest BCUT2D eigenvalue weighted by atomic mass is 10.2. The highest BCUT2D eigenvalue weighted by molar-refractivity contribution is 7.95. The highest BCUT2D eigenvalue weighted by Gasteiger charge is 2.75. The van der Waals surface area contributed by atoms with Crippen molar-refractivity contribution in [1.82, 2.24) is 0 Å². The molecule has 0 aromatic heterocycles. The lowest BCUT2D eigenvalue weighted by Crippen LogP contribution is -2.42. The van der Waals surface area contributed by atoms with Gasteiger partial charge in [-0.3, -0.25) is 9.10 Å². The third-order valence-electron chi connectivity index (χ3n) is 5.30. The van der Waals surface area contributed by atoms with Crippen LogP contribution in [-0.4, -0.2) is 32.7 Å². The maximum Gasteiger partial charge on any atom is 0.250 e. The van der Waals surface area contributed by atoms with E-state index in [0.29, 0.717) is 35.1 Å². The van der Waals surface area contributed by atoms with Gasteiger partial charge in [-0.2, -0.15) is 0 Å². The Morgan fingerprint density at radius 1 is 1.26 bits per heavy atom. The molecule has 0 spiro atoms. The second-order valence-electron chi connectivity index (χ2n) is 6.97. The van der Waals surface area contributed by atoms with E-state index in [-0.39, 0.29) is 5.92 Å². The lowest BCUT2D eigenvalue weighted by molar-refractivity contribution is -0.116. The number of carbonyl (C=O) groups excluding carboxylic acids is 1. The summed E-state index contributed by atoms with van der Waals surface area (Å²) < 4.78 is 31.4. The van der Waals surface area contributed by atoms with Crippen LogP contribution in [0.3, 0.4) is 0 Å². The number of aryl methyl sites for hydroxylation is 1. The Balaban J connectivity index is 1.60. The molecule has 0 bridgehead atoms. The average molecular weight is 407 g/mol. The number of nitrogens with zero attached hydrogens (tertiary/aromatic N) is 1. The van der Waals surface area contributed by atoms with Crippen LogP contribution in [0.1, 0.15) is 12.0 Å². The maximum absolute atomic E-state index is 13.2. The Labute approximate surface area is 163 Å². The molecule has 1 saturated heterocycles. The van der Waals surface area contributed by atoms with Crippen molar-refractivity contribution in [3.63, 3.8) is 0 Å². The van der Waals surface area contributed by atoms with Crippen LogP contribution in [0.4, 0.5) is 11.4 Å². The molecule has 1 heterocycles. The summed E-state index contributed by atoms with van der Waals surface area (Å²) in [7, 11) is -2.30. The van der Waals surface area contributed by atoms with Gasteiger partial charge in [-0.05, 0) is 43.7 Å². The number of amides is 1. The minimum Gasteiger partial charge on any atom is -0.495 e. The Bertz CT molecular complexity index is 1020. The first kappa shape index (κ1) is 18.1. The van der Waals surface area contributed by atoms with E-state index in [2.05, 4.69) is 5.32 Å². The molecule has 0 unspecified atom stereocenters. The minimum absolute atomic E-state index is 0.211. The quantitative estimate of drug-likeness (QED) is 0.845. The summed E-state index contributed by atoms with van der Waals surface area (Å²) in [5.74, 6) is -0.239. The number of sulfonamides is 1. The van der Waals surface area contributed by atoms with Gasteiger partial charge in [0.05, 0.1) is 17.8 Å².